The lowest BCUT2D eigenvalue weighted by atomic mass is 10.1. The van der Waals surface area contributed by atoms with Gasteiger partial charge in [0, 0.05) is 19.2 Å². The van der Waals surface area contributed by atoms with Crippen molar-refractivity contribution in [1.82, 2.24) is 14.7 Å². The topological polar surface area (TPSA) is 47.4 Å². The van der Waals surface area contributed by atoms with Crippen LogP contribution >= 0.6 is 0 Å². The van der Waals surface area contributed by atoms with Crippen LogP contribution in [0.1, 0.15) is 27.2 Å². The van der Waals surface area contributed by atoms with Crippen LogP contribution in [0.3, 0.4) is 0 Å². The largest absolute Gasteiger partial charge is 0.496 e. The van der Waals surface area contributed by atoms with E-state index in [4.69, 9.17) is 4.74 Å². The Morgan fingerprint density at radius 1 is 1.14 bits per heavy atom. The molecule has 0 bridgehead atoms. The summed E-state index contributed by atoms with van der Waals surface area (Å²) in [6.45, 7) is 1.78. The van der Waals surface area contributed by atoms with Gasteiger partial charge in [-0.15, -0.1) is 0 Å². The van der Waals surface area contributed by atoms with Gasteiger partial charge in [0.1, 0.15) is 5.75 Å². The van der Waals surface area contributed by atoms with E-state index in [1.165, 1.54) is 25.1 Å². The summed E-state index contributed by atoms with van der Waals surface area (Å²) in [6, 6.07) is 13.6. The van der Waals surface area contributed by atoms with Crippen LogP contribution in [-0.2, 0) is 12.7 Å². The van der Waals surface area contributed by atoms with Crippen LogP contribution in [0.2, 0.25) is 0 Å². The number of rotatable bonds is 5. The van der Waals surface area contributed by atoms with E-state index in [9.17, 15) is 18.0 Å². The van der Waals surface area contributed by atoms with E-state index in [0.29, 0.717) is 16.9 Å². The Morgan fingerprint density at radius 2 is 1.79 bits per heavy atom. The summed E-state index contributed by atoms with van der Waals surface area (Å²) < 4.78 is 47.7. The molecule has 0 unspecified atom stereocenters. The van der Waals surface area contributed by atoms with E-state index in [2.05, 4.69) is 5.10 Å². The second-order valence-electron chi connectivity index (χ2n) is 6.58. The summed E-state index contributed by atoms with van der Waals surface area (Å²) in [5.41, 5.74) is -0.0266. The highest BCUT2D eigenvalue weighted by atomic mass is 19.4. The Hall–Kier alpha value is -3.29. The number of para-hydroxylation sites is 2. The van der Waals surface area contributed by atoms with E-state index >= 15 is 0 Å². The molecule has 3 aromatic rings. The Bertz CT molecular complexity index is 1030. The van der Waals surface area contributed by atoms with Crippen LogP contribution in [0.5, 0.6) is 5.75 Å². The second kappa shape index (κ2) is 7.98. The minimum absolute atomic E-state index is 0.0929. The molecule has 0 saturated carbocycles. The first-order chi connectivity index (χ1) is 13.7. The summed E-state index contributed by atoms with van der Waals surface area (Å²) >= 11 is 0. The third-order valence-electron chi connectivity index (χ3n) is 4.56. The van der Waals surface area contributed by atoms with Gasteiger partial charge in [-0.25, -0.2) is 4.68 Å². The molecule has 0 fully saturated rings. The first kappa shape index (κ1) is 20.4. The molecule has 0 aliphatic carbocycles. The second-order valence-corrected chi connectivity index (χ2v) is 6.58. The van der Waals surface area contributed by atoms with Crippen molar-refractivity contribution >= 4 is 5.91 Å². The number of benzene rings is 2. The van der Waals surface area contributed by atoms with Crippen molar-refractivity contribution in [3.8, 4) is 11.4 Å². The zero-order chi connectivity index (χ0) is 21.2. The van der Waals surface area contributed by atoms with Gasteiger partial charge in [0.25, 0.3) is 5.91 Å². The van der Waals surface area contributed by atoms with Crippen LogP contribution in [-0.4, -0.2) is 34.7 Å². The summed E-state index contributed by atoms with van der Waals surface area (Å²) in [4.78, 5) is 14.1. The van der Waals surface area contributed by atoms with Gasteiger partial charge in [0.15, 0.2) is 5.69 Å². The van der Waals surface area contributed by atoms with Crippen molar-refractivity contribution in [1.29, 1.82) is 0 Å². The summed E-state index contributed by atoms with van der Waals surface area (Å²) in [7, 11) is 2.94. The number of amides is 1. The lowest BCUT2D eigenvalue weighted by Crippen LogP contribution is -2.29. The molecule has 5 nitrogen and oxygen atoms in total. The third kappa shape index (κ3) is 4.11. The Morgan fingerprint density at radius 3 is 2.45 bits per heavy atom. The quantitative estimate of drug-likeness (QED) is 0.631. The van der Waals surface area contributed by atoms with E-state index in [1.807, 2.05) is 0 Å². The maximum Gasteiger partial charge on any atom is 0.434 e. The van der Waals surface area contributed by atoms with Gasteiger partial charge in [-0.2, -0.15) is 18.3 Å². The van der Waals surface area contributed by atoms with Gasteiger partial charge in [-0.3, -0.25) is 4.79 Å². The molecule has 152 valence electrons. The molecule has 0 aliphatic rings. The van der Waals surface area contributed by atoms with Crippen molar-refractivity contribution in [3.05, 3.63) is 77.1 Å². The molecule has 0 radical (unpaired) electrons. The first-order valence-corrected chi connectivity index (χ1v) is 8.82. The van der Waals surface area contributed by atoms with Crippen molar-refractivity contribution < 1.29 is 22.7 Å². The lowest BCUT2D eigenvalue weighted by molar-refractivity contribution is -0.143. The average Bonchev–Trinajstić information content (AvgIpc) is 3.13. The monoisotopic (exact) mass is 403 g/mol. The molecule has 2 aromatic carbocycles. The molecule has 1 aromatic heterocycles. The van der Waals surface area contributed by atoms with Gasteiger partial charge in [-0.1, -0.05) is 36.4 Å². The number of hydrogen-bond donors (Lipinski definition) is 0. The summed E-state index contributed by atoms with van der Waals surface area (Å²) in [5, 5.41) is 3.88. The maximum atomic E-state index is 13.9. The number of hydrogen-bond acceptors (Lipinski definition) is 3. The molecular formula is C21H20F3N3O2. The molecule has 0 atom stereocenters. The fraction of sp³-hybridized carbons (Fsp3) is 0.238. The molecule has 0 aliphatic heterocycles. The Balaban J connectivity index is 2.00. The van der Waals surface area contributed by atoms with Gasteiger partial charge in [0.2, 0.25) is 0 Å². The normalized spacial score (nSPS) is 11.4. The number of aromatic nitrogens is 2. The zero-order valence-corrected chi connectivity index (χ0v) is 16.2. The molecule has 0 saturated heterocycles. The lowest BCUT2D eigenvalue weighted by Gasteiger charge is -2.20. The molecule has 3 rings (SSSR count). The first-order valence-electron chi connectivity index (χ1n) is 8.82. The molecule has 8 heteroatoms. The Labute approximate surface area is 166 Å². The van der Waals surface area contributed by atoms with E-state index in [0.717, 1.165) is 10.9 Å². The number of ether oxygens (including phenoxy) is 1. The molecule has 1 amide bonds. The summed E-state index contributed by atoms with van der Waals surface area (Å²) in [5.74, 6) is -0.220. The maximum absolute atomic E-state index is 13.9. The van der Waals surface area contributed by atoms with E-state index in [-0.39, 0.29) is 12.2 Å². The molecule has 0 N–H and O–H groups in total. The zero-order valence-electron chi connectivity index (χ0n) is 16.2. The van der Waals surface area contributed by atoms with Crippen molar-refractivity contribution in [2.24, 2.45) is 0 Å². The van der Waals surface area contributed by atoms with E-state index in [1.54, 1.807) is 49.4 Å². The molecular weight excluding hydrogens is 383 g/mol. The average molecular weight is 403 g/mol. The van der Waals surface area contributed by atoms with Gasteiger partial charge >= 0.3 is 6.18 Å². The number of nitrogens with zero attached hydrogens (tertiary/aromatic N) is 3. The number of carbonyl (C=O) groups excluding carboxylic acids is 1. The smallest absolute Gasteiger partial charge is 0.434 e. The number of methoxy groups -OCH3 is 1. The number of alkyl halides is 3. The molecule has 0 spiro atoms. The minimum atomic E-state index is -4.75. The van der Waals surface area contributed by atoms with Crippen LogP contribution < -0.4 is 4.74 Å². The van der Waals surface area contributed by atoms with E-state index < -0.39 is 23.3 Å². The third-order valence-corrected chi connectivity index (χ3v) is 4.56. The number of halogens is 3. The molecule has 29 heavy (non-hydrogen) atoms. The van der Waals surface area contributed by atoms with Crippen LogP contribution in [0.15, 0.2) is 54.7 Å². The number of carbonyl (C=O) groups is 1. The van der Waals surface area contributed by atoms with Crippen molar-refractivity contribution in [2.45, 2.75) is 19.6 Å². The minimum Gasteiger partial charge on any atom is -0.496 e. The fourth-order valence-electron chi connectivity index (χ4n) is 3.13. The van der Waals surface area contributed by atoms with Crippen molar-refractivity contribution in [3.63, 3.8) is 0 Å². The van der Waals surface area contributed by atoms with Gasteiger partial charge in [0.05, 0.1) is 24.6 Å². The van der Waals surface area contributed by atoms with Crippen LogP contribution in [0, 0.1) is 6.92 Å². The predicted octanol–water partition coefficient (Wildman–Crippen LogP) is 4.48. The van der Waals surface area contributed by atoms with Crippen LogP contribution in [0.25, 0.3) is 5.69 Å². The standard InChI is InChI=1S/C21H20F3N3O2/c1-14-8-4-6-10-17(14)27-19(21(22,23)24)16(12-25-27)20(28)26(2)13-15-9-5-7-11-18(15)29-3/h4-12H,13H2,1-3H3. The Kier molecular flexibility index (Phi) is 5.63. The fourth-order valence-corrected chi connectivity index (χ4v) is 3.13. The highest BCUT2D eigenvalue weighted by molar-refractivity contribution is 5.95. The highest BCUT2D eigenvalue weighted by Crippen LogP contribution is 2.35. The van der Waals surface area contributed by atoms with Gasteiger partial charge in [-0.05, 0) is 24.6 Å². The SMILES string of the molecule is COc1ccccc1CN(C)C(=O)c1cnn(-c2ccccc2C)c1C(F)(F)F. The highest BCUT2D eigenvalue weighted by Gasteiger charge is 2.41. The van der Waals surface area contributed by atoms with Crippen LogP contribution in [0.4, 0.5) is 13.2 Å². The van der Waals surface area contributed by atoms with Crippen molar-refractivity contribution in [2.75, 3.05) is 14.2 Å². The number of aryl methyl sites for hydroxylation is 1. The summed E-state index contributed by atoms with van der Waals surface area (Å²) in [6.07, 6.45) is -3.79. The van der Waals surface area contributed by atoms with Gasteiger partial charge < -0.3 is 9.64 Å². The predicted molar refractivity (Wildman–Crippen MR) is 102 cm³/mol. The molecule has 1 heterocycles.